The molecule has 1 heteroatoms. The molecule has 0 aromatic heterocycles. The van der Waals surface area contributed by atoms with Crippen molar-refractivity contribution in [2.45, 2.75) is 32.9 Å². The van der Waals surface area contributed by atoms with Crippen molar-refractivity contribution < 1.29 is 0 Å². The van der Waals surface area contributed by atoms with Crippen LogP contribution in [-0.2, 0) is 6.54 Å². The van der Waals surface area contributed by atoms with Crippen molar-refractivity contribution in [2.24, 2.45) is 0 Å². The Bertz CT molecular complexity index is 675. The van der Waals surface area contributed by atoms with E-state index < -0.39 is 0 Å². The molecule has 3 rings (SSSR count). The summed E-state index contributed by atoms with van der Waals surface area (Å²) in [4.78, 5) is 2.47. The summed E-state index contributed by atoms with van der Waals surface area (Å²) in [6, 6.07) is 17.4. The van der Waals surface area contributed by atoms with Gasteiger partial charge in [0.1, 0.15) is 0 Å². The van der Waals surface area contributed by atoms with E-state index in [1.54, 1.807) is 0 Å². The van der Waals surface area contributed by atoms with E-state index in [2.05, 4.69) is 79.1 Å². The molecule has 0 spiro atoms. The van der Waals surface area contributed by atoms with E-state index >= 15 is 0 Å². The minimum atomic E-state index is 0.504. The van der Waals surface area contributed by atoms with E-state index in [9.17, 15) is 0 Å². The molecule has 1 aliphatic rings. The fourth-order valence-electron chi connectivity index (χ4n) is 2.63. The smallest absolute Gasteiger partial charge is 0.0530 e. The molecule has 2 aromatic rings. The Balaban J connectivity index is 2.17. The standard InChI is InChI=1S/C19H19N/c1-3-15(2)20-14-18-10-5-4-8-16(18)12-13-17-9-6-7-11-19(17)20/h4-11,15H,3,14H2,1-2H3. The Hall–Kier alpha value is -2.20. The van der Waals surface area contributed by atoms with E-state index in [-0.39, 0.29) is 0 Å². The van der Waals surface area contributed by atoms with Crippen LogP contribution in [0.4, 0.5) is 5.69 Å². The van der Waals surface area contributed by atoms with Gasteiger partial charge >= 0.3 is 0 Å². The predicted octanol–water partition coefficient (Wildman–Crippen LogP) is 4.20. The zero-order valence-corrected chi connectivity index (χ0v) is 12.1. The fourth-order valence-corrected chi connectivity index (χ4v) is 2.63. The SMILES string of the molecule is CCC(C)N1Cc2ccccc2C#Cc2ccccc21. The van der Waals surface area contributed by atoms with E-state index in [1.807, 2.05) is 0 Å². The van der Waals surface area contributed by atoms with Gasteiger partial charge < -0.3 is 4.90 Å². The highest BCUT2D eigenvalue weighted by Crippen LogP contribution is 2.27. The monoisotopic (exact) mass is 261 g/mol. The topological polar surface area (TPSA) is 3.24 Å². The fraction of sp³-hybridized carbons (Fsp3) is 0.263. The molecule has 100 valence electrons. The Morgan fingerprint density at radius 3 is 2.45 bits per heavy atom. The van der Waals surface area contributed by atoms with E-state index in [4.69, 9.17) is 0 Å². The molecule has 1 nitrogen and oxygen atoms in total. The van der Waals surface area contributed by atoms with Crippen LogP contribution < -0.4 is 4.90 Å². The molecular formula is C19H19N. The minimum absolute atomic E-state index is 0.504. The molecule has 2 aromatic carbocycles. The van der Waals surface area contributed by atoms with Crippen molar-refractivity contribution in [3.05, 3.63) is 65.2 Å². The third-order valence-electron chi connectivity index (χ3n) is 4.03. The van der Waals surface area contributed by atoms with E-state index in [1.165, 1.54) is 11.3 Å². The molecule has 20 heavy (non-hydrogen) atoms. The lowest BCUT2D eigenvalue weighted by Gasteiger charge is -2.33. The molecule has 0 bridgehead atoms. The van der Waals surface area contributed by atoms with E-state index in [0.717, 1.165) is 24.1 Å². The molecular weight excluding hydrogens is 242 g/mol. The Kier molecular flexibility index (Phi) is 3.48. The van der Waals surface area contributed by atoms with Crippen LogP contribution in [0.15, 0.2) is 48.5 Å². The number of nitrogens with zero attached hydrogens (tertiary/aromatic N) is 1. The zero-order chi connectivity index (χ0) is 13.9. The molecule has 1 unspecified atom stereocenters. The van der Waals surface area contributed by atoms with Gasteiger partial charge in [-0.15, -0.1) is 0 Å². The van der Waals surface area contributed by atoms with Crippen molar-refractivity contribution >= 4 is 5.69 Å². The molecule has 1 aliphatic heterocycles. The molecule has 0 saturated heterocycles. The summed E-state index contributed by atoms with van der Waals surface area (Å²) in [6.45, 7) is 5.45. The molecule has 0 amide bonds. The lowest BCUT2D eigenvalue weighted by Crippen LogP contribution is -2.33. The number of benzene rings is 2. The first-order valence-electron chi connectivity index (χ1n) is 7.25. The number of para-hydroxylation sites is 1. The van der Waals surface area contributed by atoms with Gasteiger partial charge in [0.15, 0.2) is 0 Å². The predicted molar refractivity (Wildman–Crippen MR) is 84.8 cm³/mol. The second kappa shape index (κ2) is 5.43. The summed E-state index contributed by atoms with van der Waals surface area (Å²) >= 11 is 0. The Labute approximate surface area is 121 Å². The second-order valence-corrected chi connectivity index (χ2v) is 5.31. The van der Waals surface area contributed by atoms with Gasteiger partial charge in [-0.05, 0) is 37.1 Å². The molecule has 0 radical (unpaired) electrons. The average Bonchev–Trinajstić information content (AvgIpc) is 2.49. The van der Waals surface area contributed by atoms with Crippen LogP contribution in [0.25, 0.3) is 0 Å². The van der Waals surface area contributed by atoms with Gasteiger partial charge in [-0.25, -0.2) is 0 Å². The summed E-state index contributed by atoms with van der Waals surface area (Å²) in [5.74, 6) is 6.66. The van der Waals surface area contributed by atoms with Gasteiger partial charge in [0.25, 0.3) is 0 Å². The van der Waals surface area contributed by atoms with Gasteiger partial charge in [-0.3, -0.25) is 0 Å². The number of hydrogen-bond acceptors (Lipinski definition) is 1. The minimum Gasteiger partial charge on any atom is -0.363 e. The van der Waals surface area contributed by atoms with Gasteiger partial charge in [0, 0.05) is 23.7 Å². The van der Waals surface area contributed by atoms with Crippen molar-refractivity contribution in [1.29, 1.82) is 0 Å². The largest absolute Gasteiger partial charge is 0.363 e. The molecule has 0 N–H and O–H groups in total. The summed E-state index contributed by atoms with van der Waals surface area (Å²) in [5.41, 5.74) is 4.84. The summed E-state index contributed by atoms with van der Waals surface area (Å²) in [6.07, 6.45) is 1.13. The van der Waals surface area contributed by atoms with Gasteiger partial charge in [-0.1, -0.05) is 49.1 Å². The highest BCUT2D eigenvalue weighted by Gasteiger charge is 2.18. The zero-order valence-electron chi connectivity index (χ0n) is 12.1. The second-order valence-electron chi connectivity index (χ2n) is 5.31. The Morgan fingerprint density at radius 1 is 1.00 bits per heavy atom. The van der Waals surface area contributed by atoms with Crippen LogP contribution in [0.1, 0.15) is 37.0 Å². The molecule has 1 atom stereocenters. The third-order valence-corrected chi connectivity index (χ3v) is 4.03. The van der Waals surface area contributed by atoms with Crippen molar-refractivity contribution in [3.63, 3.8) is 0 Å². The number of fused-ring (bicyclic) bond motifs is 2. The van der Waals surface area contributed by atoms with Crippen LogP contribution in [0.2, 0.25) is 0 Å². The van der Waals surface area contributed by atoms with Crippen molar-refractivity contribution in [3.8, 4) is 11.8 Å². The number of rotatable bonds is 2. The van der Waals surface area contributed by atoms with Crippen LogP contribution in [0.3, 0.4) is 0 Å². The van der Waals surface area contributed by atoms with Gasteiger partial charge in [-0.2, -0.15) is 0 Å². The molecule has 1 heterocycles. The first kappa shape index (κ1) is 12.8. The molecule has 0 aliphatic carbocycles. The van der Waals surface area contributed by atoms with E-state index in [0.29, 0.717) is 6.04 Å². The maximum absolute atomic E-state index is 3.34. The maximum atomic E-state index is 3.34. The summed E-state index contributed by atoms with van der Waals surface area (Å²) in [7, 11) is 0. The van der Waals surface area contributed by atoms with Crippen LogP contribution in [-0.4, -0.2) is 6.04 Å². The average molecular weight is 261 g/mol. The first-order chi connectivity index (χ1) is 9.79. The quantitative estimate of drug-likeness (QED) is 0.732. The molecule has 0 fully saturated rings. The summed E-state index contributed by atoms with van der Waals surface area (Å²) < 4.78 is 0. The summed E-state index contributed by atoms with van der Waals surface area (Å²) in [5, 5.41) is 0. The van der Waals surface area contributed by atoms with Gasteiger partial charge in [0.2, 0.25) is 0 Å². The Morgan fingerprint density at radius 2 is 1.65 bits per heavy atom. The lowest BCUT2D eigenvalue weighted by molar-refractivity contribution is 0.613. The lowest BCUT2D eigenvalue weighted by atomic mass is 10.0. The third kappa shape index (κ3) is 2.30. The maximum Gasteiger partial charge on any atom is 0.0530 e. The van der Waals surface area contributed by atoms with Gasteiger partial charge in [0.05, 0.1) is 5.69 Å². The normalized spacial score (nSPS) is 14.2. The molecule has 0 saturated carbocycles. The number of anilines is 1. The van der Waals surface area contributed by atoms with Crippen molar-refractivity contribution in [2.75, 3.05) is 4.90 Å². The van der Waals surface area contributed by atoms with Crippen LogP contribution in [0, 0.1) is 11.8 Å². The first-order valence-corrected chi connectivity index (χ1v) is 7.25. The van der Waals surface area contributed by atoms with Crippen molar-refractivity contribution in [1.82, 2.24) is 0 Å². The van der Waals surface area contributed by atoms with Crippen LogP contribution in [0.5, 0.6) is 0 Å². The highest BCUT2D eigenvalue weighted by molar-refractivity contribution is 5.64. The highest BCUT2D eigenvalue weighted by atomic mass is 15.2. The van der Waals surface area contributed by atoms with Crippen LogP contribution >= 0.6 is 0 Å². The number of hydrogen-bond donors (Lipinski definition) is 0.